The number of alkyl halides is 3. The molecule has 1 aliphatic heterocycles. The number of rotatable bonds is 6. The zero-order chi connectivity index (χ0) is 22.1. The van der Waals surface area contributed by atoms with Crippen molar-refractivity contribution in [3.63, 3.8) is 0 Å². The van der Waals surface area contributed by atoms with Crippen molar-refractivity contribution in [3.8, 4) is 17.2 Å². The number of aliphatic hydroxyl groups is 1. The summed E-state index contributed by atoms with van der Waals surface area (Å²) in [6.07, 6.45) is -6.16. The highest BCUT2D eigenvalue weighted by molar-refractivity contribution is 5.84. The largest absolute Gasteiger partial charge is 0.573 e. The van der Waals surface area contributed by atoms with Crippen LogP contribution in [0.15, 0.2) is 36.4 Å². The Bertz CT molecular complexity index is 917. The van der Waals surface area contributed by atoms with E-state index in [4.69, 9.17) is 9.47 Å². The van der Waals surface area contributed by atoms with E-state index in [2.05, 4.69) is 4.74 Å². The zero-order valence-corrected chi connectivity index (χ0v) is 16.1. The lowest BCUT2D eigenvalue weighted by molar-refractivity contribution is -0.274. The van der Waals surface area contributed by atoms with Gasteiger partial charge in [0, 0.05) is 13.0 Å². The minimum absolute atomic E-state index is 0.0235. The van der Waals surface area contributed by atoms with Crippen molar-refractivity contribution in [1.29, 1.82) is 0 Å². The van der Waals surface area contributed by atoms with Gasteiger partial charge >= 0.3 is 6.36 Å². The number of nitrogens with zero attached hydrogens (tertiary/aromatic N) is 1. The van der Waals surface area contributed by atoms with E-state index < -0.39 is 36.0 Å². The summed E-state index contributed by atoms with van der Waals surface area (Å²) in [4.78, 5) is 13.9. The quantitative estimate of drug-likeness (QED) is 0.712. The first-order chi connectivity index (χ1) is 14.1. The van der Waals surface area contributed by atoms with E-state index in [1.54, 1.807) is 0 Å². The third-order valence-corrected chi connectivity index (χ3v) is 4.77. The van der Waals surface area contributed by atoms with Crippen molar-refractivity contribution in [3.05, 3.63) is 53.3 Å². The molecule has 0 saturated carbocycles. The molecule has 3 rings (SSSR count). The van der Waals surface area contributed by atoms with Gasteiger partial charge in [-0.3, -0.25) is 4.79 Å². The first-order valence-electron chi connectivity index (χ1n) is 8.88. The Hall–Kier alpha value is -3.01. The molecule has 1 heterocycles. The maximum atomic E-state index is 14.3. The van der Waals surface area contributed by atoms with Crippen LogP contribution in [0.3, 0.4) is 0 Å². The van der Waals surface area contributed by atoms with Gasteiger partial charge in [0.15, 0.2) is 11.6 Å². The van der Waals surface area contributed by atoms with E-state index in [1.807, 2.05) is 0 Å². The van der Waals surface area contributed by atoms with E-state index >= 15 is 0 Å². The van der Waals surface area contributed by atoms with Crippen LogP contribution in [0.2, 0.25) is 0 Å². The van der Waals surface area contributed by atoms with Gasteiger partial charge in [-0.2, -0.15) is 0 Å². The fraction of sp³-hybridized carbons (Fsp3) is 0.350. The summed E-state index contributed by atoms with van der Waals surface area (Å²) in [7, 11) is 2.66. The third-order valence-electron chi connectivity index (χ3n) is 4.77. The molecule has 1 aliphatic rings. The molecule has 0 bridgehead atoms. The number of hydrogen-bond donors (Lipinski definition) is 1. The molecule has 1 fully saturated rings. The number of amides is 1. The summed E-state index contributed by atoms with van der Waals surface area (Å²) in [5.74, 6) is -1.48. The van der Waals surface area contributed by atoms with Crippen LogP contribution in [0, 0.1) is 5.82 Å². The Morgan fingerprint density at radius 1 is 1.10 bits per heavy atom. The van der Waals surface area contributed by atoms with Crippen LogP contribution in [0.4, 0.5) is 17.6 Å². The third kappa shape index (κ3) is 4.43. The highest BCUT2D eigenvalue weighted by atomic mass is 19.4. The predicted molar refractivity (Wildman–Crippen MR) is 96.5 cm³/mol. The summed E-state index contributed by atoms with van der Waals surface area (Å²) in [5.41, 5.74) is 0.758. The molecule has 10 heteroatoms. The van der Waals surface area contributed by atoms with Gasteiger partial charge in [-0.25, -0.2) is 4.39 Å². The average Bonchev–Trinajstić information content (AvgIpc) is 2.96. The molecule has 0 radical (unpaired) electrons. The van der Waals surface area contributed by atoms with Crippen LogP contribution in [-0.2, 0) is 11.3 Å². The van der Waals surface area contributed by atoms with Crippen LogP contribution in [0.5, 0.6) is 17.2 Å². The summed E-state index contributed by atoms with van der Waals surface area (Å²) in [6.45, 7) is -0.0321. The van der Waals surface area contributed by atoms with Crippen LogP contribution in [0.25, 0.3) is 0 Å². The Balaban J connectivity index is 1.92. The van der Waals surface area contributed by atoms with Crippen molar-refractivity contribution in [1.82, 2.24) is 4.90 Å². The van der Waals surface area contributed by atoms with Gasteiger partial charge in [-0.05, 0) is 29.8 Å². The molecule has 2 aromatic carbocycles. The molecule has 162 valence electrons. The van der Waals surface area contributed by atoms with E-state index in [9.17, 15) is 27.5 Å². The molecule has 6 nitrogen and oxygen atoms in total. The maximum absolute atomic E-state index is 14.3. The van der Waals surface area contributed by atoms with Crippen molar-refractivity contribution in [2.75, 3.05) is 14.2 Å². The molecule has 0 aromatic heterocycles. The number of halogens is 4. The number of hydrogen-bond acceptors (Lipinski definition) is 5. The molecule has 0 spiro atoms. The van der Waals surface area contributed by atoms with E-state index in [0.29, 0.717) is 5.56 Å². The van der Waals surface area contributed by atoms with Crippen molar-refractivity contribution < 1.29 is 41.7 Å². The number of likely N-dealkylation sites (tertiary alicyclic amines) is 1. The SMILES string of the molecule is COc1ccc(F)c(OC)c1C1CC(O)C(=O)N1Cc1ccc(OC(F)(F)F)cc1. The monoisotopic (exact) mass is 429 g/mol. The zero-order valence-electron chi connectivity index (χ0n) is 16.1. The minimum atomic E-state index is -4.81. The van der Waals surface area contributed by atoms with Crippen molar-refractivity contribution >= 4 is 5.91 Å². The van der Waals surface area contributed by atoms with E-state index in [-0.39, 0.29) is 30.0 Å². The minimum Gasteiger partial charge on any atom is -0.496 e. The number of benzene rings is 2. The van der Waals surface area contributed by atoms with Gasteiger partial charge < -0.3 is 24.2 Å². The molecule has 0 aliphatic carbocycles. The van der Waals surface area contributed by atoms with E-state index in [1.165, 1.54) is 37.3 Å². The Morgan fingerprint density at radius 3 is 2.33 bits per heavy atom. The molecule has 2 atom stereocenters. The fourth-order valence-electron chi connectivity index (χ4n) is 3.50. The second-order valence-electron chi connectivity index (χ2n) is 6.62. The standard InChI is InChI=1S/C20H19F4NO5/c1-28-16-8-7-13(21)18(29-2)17(16)14-9-15(26)19(27)25(14)10-11-3-5-12(6-4-11)30-20(22,23)24/h3-8,14-15,26H,9-10H2,1-2H3. The summed E-state index contributed by atoms with van der Waals surface area (Å²) in [6, 6.07) is 6.78. The van der Waals surface area contributed by atoms with Crippen LogP contribution >= 0.6 is 0 Å². The highest BCUT2D eigenvalue weighted by Gasteiger charge is 2.42. The first kappa shape index (κ1) is 21.7. The number of carbonyl (C=O) groups excluding carboxylic acids is 1. The van der Waals surface area contributed by atoms with Crippen molar-refractivity contribution in [2.45, 2.75) is 31.5 Å². The Morgan fingerprint density at radius 2 is 1.77 bits per heavy atom. The van der Waals surface area contributed by atoms with Crippen LogP contribution < -0.4 is 14.2 Å². The molecule has 1 N–H and O–H groups in total. The van der Waals surface area contributed by atoms with Gasteiger partial charge in [-0.15, -0.1) is 13.2 Å². The van der Waals surface area contributed by atoms with Gasteiger partial charge in [0.2, 0.25) is 0 Å². The number of carbonyl (C=O) groups is 1. The molecule has 1 saturated heterocycles. The van der Waals surface area contributed by atoms with Gasteiger partial charge in [0.1, 0.15) is 17.6 Å². The molecule has 2 aromatic rings. The lowest BCUT2D eigenvalue weighted by atomic mass is 10.0. The molecular weight excluding hydrogens is 410 g/mol. The second kappa shape index (κ2) is 8.39. The molecular formula is C20H19F4NO5. The van der Waals surface area contributed by atoms with Gasteiger partial charge in [0.25, 0.3) is 5.91 Å². The summed E-state index contributed by atoms with van der Waals surface area (Å²) in [5, 5.41) is 10.1. The molecule has 2 unspecified atom stereocenters. The van der Waals surface area contributed by atoms with Crippen molar-refractivity contribution in [2.24, 2.45) is 0 Å². The van der Waals surface area contributed by atoms with E-state index in [0.717, 1.165) is 18.2 Å². The lowest BCUT2D eigenvalue weighted by Crippen LogP contribution is -2.31. The average molecular weight is 429 g/mol. The van der Waals surface area contributed by atoms with Gasteiger partial charge in [0.05, 0.1) is 25.8 Å². The Labute approximate surface area is 169 Å². The van der Waals surface area contributed by atoms with Gasteiger partial charge in [-0.1, -0.05) is 12.1 Å². The molecule has 1 amide bonds. The maximum Gasteiger partial charge on any atom is 0.573 e. The summed E-state index contributed by atoms with van der Waals surface area (Å²) >= 11 is 0. The normalized spacial score (nSPS) is 19.2. The molecule has 30 heavy (non-hydrogen) atoms. The smallest absolute Gasteiger partial charge is 0.496 e. The van der Waals surface area contributed by atoms with Crippen LogP contribution in [-0.4, -0.2) is 42.6 Å². The highest BCUT2D eigenvalue weighted by Crippen LogP contribution is 2.44. The number of ether oxygens (including phenoxy) is 3. The number of aliphatic hydroxyl groups excluding tert-OH is 1. The lowest BCUT2D eigenvalue weighted by Gasteiger charge is -2.27. The van der Waals surface area contributed by atoms with Crippen LogP contribution in [0.1, 0.15) is 23.6 Å². The predicted octanol–water partition coefficient (Wildman–Crippen LogP) is 3.58. The topological polar surface area (TPSA) is 68.2 Å². The number of methoxy groups -OCH3 is 2. The Kier molecular flexibility index (Phi) is 6.06. The second-order valence-corrected chi connectivity index (χ2v) is 6.62. The fourth-order valence-corrected chi connectivity index (χ4v) is 3.50. The summed E-state index contributed by atoms with van der Waals surface area (Å²) < 4.78 is 65.6. The first-order valence-corrected chi connectivity index (χ1v) is 8.88.